The van der Waals surface area contributed by atoms with Crippen LogP contribution in [0.5, 0.6) is 0 Å². The van der Waals surface area contributed by atoms with E-state index in [2.05, 4.69) is 22.2 Å². The topological polar surface area (TPSA) is 67.0 Å². The Balaban J connectivity index is 1.65. The van der Waals surface area contributed by atoms with Gasteiger partial charge in [0.2, 0.25) is 5.91 Å². The van der Waals surface area contributed by atoms with Crippen LogP contribution in [-0.4, -0.2) is 35.1 Å². The van der Waals surface area contributed by atoms with E-state index in [9.17, 15) is 4.79 Å². The molecule has 0 bridgehead atoms. The number of aromatic amines is 1. The van der Waals surface area contributed by atoms with E-state index in [-0.39, 0.29) is 17.9 Å². The van der Waals surface area contributed by atoms with Crippen molar-refractivity contribution in [3.8, 4) is 0 Å². The van der Waals surface area contributed by atoms with E-state index >= 15 is 0 Å². The smallest absolute Gasteiger partial charge is 0.225 e. The van der Waals surface area contributed by atoms with E-state index in [0.29, 0.717) is 13.2 Å². The van der Waals surface area contributed by atoms with Crippen LogP contribution in [0.2, 0.25) is 0 Å². The summed E-state index contributed by atoms with van der Waals surface area (Å²) in [6.07, 6.45) is 7.20. The molecule has 1 aromatic rings. The van der Waals surface area contributed by atoms with Gasteiger partial charge in [0.25, 0.3) is 0 Å². The summed E-state index contributed by atoms with van der Waals surface area (Å²) in [5.74, 6) is 1.15. The number of aryl methyl sites for hydroxylation is 1. The van der Waals surface area contributed by atoms with Gasteiger partial charge in [0, 0.05) is 32.0 Å². The van der Waals surface area contributed by atoms with Crippen molar-refractivity contribution in [2.75, 3.05) is 13.2 Å². The van der Waals surface area contributed by atoms with E-state index in [4.69, 9.17) is 4.74 Å². The lowest BCUT2D eigenvalue weighted by Crippen LogP contribution is -2.35. The second-order valence-electron chi connectivity index (χ2n) is 4.64. The fourth-order valence-corrected chi connectivity index (χ4v) is 2.38. The third-order valence-electron chi connectivity index (χ3n) is 3.39. The molecular weight excluding hydrogens is 230 g/mol. The SMILES string of the molecule is CCC1OCCC1C(=O)NCCCc1ncc[nH]1. The molecule has 1 aliphatic heterocycles. The molecule has 0 radical (unpaired) electrons. The van der Waals surface area contributed by atoms with Crippen LogP contribution in [0.25, 0.3) is 0 Å². The second kappa shape index (κ2) is 6.54. The van der Waals surface area contributed by atoms with Gasteiger partial charge < -0.3 is 15.0 Å². The molecule has 0 aliphatic carbocycles. The summed E-state index contributed by atoms with van der Waals surface area (Å²) in [7, 11) is 0. The molecule has 2 unspecified atom stereocenters. The number of carbonyl (C=O) groups is 1. The third kappa shape index (κ3) is 3.32. The van der Waals surface area contributed by atoms with Gasteiger partial charge in [-0.25, -0.2) is 4.98 Å². The minimum atomic E-state index is 0.0404. The average molecular weight is 251 g/mol. The van der Waals surface area contributed by atoms with E-state index in [1.807, 2.05) is 6.20 Å². The number of rotatable bonds is 6. The number of aromatic nitrogens is 2. The summed E-state index contributed by atoms with van der Waals surface area (Å²) in [5, 5.41) is 2.99. The Kier molecular flexibility index (Phi) is 4.75. The van der Waals surface area contributed by atoms with Crippen LogP contribution in [0.3, 0.4) is 0 Å². The quantitative estimate of drug-likeness (QED) is 0.748. The maximum atomic E-state index is 12.0. The first-order valence-electron chi connectivity index (χ1n) is 6.69. The van der Waals surface area contributed by atoms with Crippen LogP contribution in [0.4, 0.5) is 0 Å². The Morgan fingerprint density at radius 2 is 2.56 bits per heavy atom. The van der Waals surface area contributed by atoms with Crippen molar-refractivity contribution >= 4 is 5.91 Å². The first kappa shape index (κ1) is 13.1. The average Bonchev–Trinajstić information content (AvgIpc) is 3.04. The molecule has 1 aliphatic rings. The highest BCUT2D eigenvalue weighted by molar-refractivity contribution is 5.79. The lowest BCUT2D eigenvalue weighted by Gasteiger charge is -2.16. The van der Waals surface area contributed by atoms with E-state index < -0.39 is 0 Å². The second-order valence-corrected chi connectivity index (χ2v) is 4.64. The Morgan fingerprint density at radius 3 is 3.28 bits per heavy atom. The first-order chi connectivity index (χ1) is 8.81. The lowest BCUT2D eigenvalue weighted by molar-refractivity contribution is -0.126. The Hall–Kier alpha value is -1.36. The van der Waals surface area contributed by atoms with Gasteiger partial charge >= 0.3 is 0 Å². The fraction of sp³-hybridized carbons (Fsp3) is 0.692. The number of nitrogens with one attached hydrogen (secondary N) is 2. The molecule has 100 valence electrons. The van der Waals surface area contributed by atoms with E-state index in [1.165, 1.54) is 0 Å². The molecule has 1 amide bonds. The zero-order valence-electron chi connectivity index (χ0n) is 10.8. The molecule has 1 fully saturated rings. The monoisotopic (exact) mass is 251 g/mol. The van der Waals surface area contributed by atoms with Crippen LogP contribution in [0.15, 0.2) is 12.4 Å². The predicted molar refractivity (Wildman–Crippen MR) is 68.1 cm³/mol. The normalized spacial score (nSPS) is 23.2. The number of carbonyl (C=O) groups excluding carboxylic acids is 1. The molecule has 2 heterocycles. The minimum Gasteiger partial charge on any atom is -0.377 e. The predicted octanol–water partition coefficient (Wildman–Crippen LogP) is 1.27. The molecule has 5 heteroatoms. The number of imidazole rings is 1. The van der Waals surface area contributed by atoms with Crippen molar-refractivity contribution in [2.24, 2.45) is 5.92 Å². The molecule has 0 spiro atoms. The van der Waals surface area contributed by atoms with Crippen molar-refractivity contribution in [1.82, 2.24) is 15.3 Å². The highest BCUT2D eigenvalue weighted by Crippen LogP contribution is 2.23. The van der Waals surface area contributed by atoms with Gasteiger partial charge in [-0.15, -0.1) is 0 Å². The number of hydrogen-bond donors (Lipinski definition) is 2. The lowest BCUT2D eigenvalue weighted by atomic mass is 9.99. The standard InChI is InChI=1S/C13H21N3O2/c1-2-11-10(5-9-18-11)13(17)16-6-3-4-12-14-7-8-15-12/h7-8,10-11H,2-6,9H2,1H3,(H,14,15)(H,16,17). The van der Waals surface area contributed by atoms with Crippen molar-refractivity contribution in [2.45, 2.75) is 38.7 Å². The Morgan fingerprint density at radius 1 is 1.67 bits per heavy atom. The molecule has 0 saturated carbocycles. The largest absolute Gasteiger partial charge is 0.377 e. The van der Waals surface area contributed by atoms with Gasteiger partial charge in [0.05, 0.1) is 12.0 Å². The number of amides is 1. The van der Waals surface area contributed by atoms with Gasteiger partial charge in [-0.1, -0.05) is 6.92 Å². The Labute approximate surface area is 107 Å². The molecule has 5 nitrogen and oxygen atoms in total. The van der Waals surface area contributed by atoms with Crippen LogP contribution in [0.1, 0.15) is 32.0 Å². The van der Waals surface area contributed by atoms with Gasteiger partial charge in [-0.3, -0.25) is 4.79 Å². The third-order valence-corrected chi connectivity index (χ3v) is 3.39. The highest BCUT2D eigenvalue weighted by atomic mass is 16.5. The maximum absolute atomic E-state index is 12.0. The summed E-state index contributed by atoms with van der Waals surface area (Å²) in [6, 6.07) is 0. The molecule has 2 N–H and O–H groups in total. The van der Waals surface area contributed by atoms with Crippen molar-refractivity contribution in [3.05, 3.63) is 18.2 Å². The first-order valence-corrected chi connectivity index (χ1v) is 6.69. The van der Waals surface area contributed by atoms with Gasteiger partial charge in [-0.2, -0.15) is 0 Å². The summed E-state index contributed by atoms with van der Waals surface area (Å²) >= 11 is 0. The molecule has 2 rings (SSSR count). The van der Waals surface area contributed by atoms with Crippen LogP contribution < -0.4 is 5.32 Å². The molecule has 0 aromatic carbocycles. The van der Waals surface area contributed by atoms with Crippen molar-refractivity contribution in [3.63, 3.8) is 0 Å². The van der Waals surface area contributed by atoms with Crippen LogP contribution in [0, 0.1) is 5.92 Å². The summed E-state index contributed by atoms with van der Waals surface area (Å²) in [6.45, 7) is 3.47. The molecule has 18 heavy (non-hydrogen) atoms. The van der Waals surface area contributed by atoms with Gasteiger partial charge in [-0.05, 0) is 19.3 Å². The summed E-state index contributed by atoms with van der Waals surface area (Å²) < 4.78 is 5.53. The molecule has 1 saturated heterocycles. The fourth-order valence-electron chi connectivity index (χ4n) is 2.38. The van der Waals surface area contributed by atoms with Crippen LogP contribution in [-0.2, 0) is 16.0 Å². The summed E-state index contributed by atoms with van der Waals surface area (Å²) in [5.41, 5.74) is 0. The van der Waals surface area contributed by atoms with Crippen LogP contribution >= 0.6 is 0 Å². The number of nitrogens with zero attached hydrogens (tertiary/aromatic N) is 1. The summed E-state index contributed by atoms with van der Waals surface area (Å²) in [4.78, 5) is 19.2. The van der Waals surface area contributed by atoms with Crippen molar-refractivity contribution < 1.29 is 9.53 Å². The molecule has 1 aromatic heterocycles. The van der Waals surface area contributed by atoms with E-state index in [0.717, 1.165) is 31.5 Å². The maximum Gasteiger partial charge on any atom is 0.225 e. The molecule has 2 atom stereocenters. The zero-order valence-corrected chi connectivity index (χ0v) is 10.8. The molecular formula is C13H21N3O2. The Bertz CT molecular complexity index is 364. The van der Waals surface area contributed by atoms with Crippen molar-refractivity contribution in [1.29, 1.82) is 0 Å². The number of H-pyrrole nitrogens is 1. The van der Waals surface area contributed by atoms with Gasteiger partial charge in [0.1, 0.15) is 5.82 Å². The van der Waals surface area contributed by atoms with Gasteiger partial charge in [0.15, 0.2) is 0 Å². The van der Waals surface area contributed by atoms with E-state index in [1.54, 1.807) is 6.20 Å². The number of ether oxygens (including phenoxy) is 1. The zero-order chi connectivity index (χ0) is 12.8. The number of hydrogen-bond acceptors (Lipinski definition) is 3. The minimum absolute atomic E-state index is 0.0404. The highest BCUT2D eigenvalue weighted by Gasteiger charge is 2.32.